The number of amides is 1. The van der Waals surface area contributed by atoms with Crippen LogP contribution < -0.4 is 0 Å². The van der Waals surface area contributed by atoms with Gasteiger partial charge in [0.05, 0.1) is 12.2 Å². The lowest BCUT2D eigenvalue weighted by Crippen LogP contribution is -2.43. The van der Waals surface area contributed by atoms with Crippen molar-refractivity contribution in [1.82, 2.24) is 4.90 Å². The van der Waals surface area contributed by atoms with Crippen LogP contribution >= 0.6 is 0 Å². The molecule has 0 aromatic heterocycles. The van der Waals surface area contributed by atoms with E-state index in [-0.39, 0.29) is 30.7 Å². The monoisotopic (exact) mass is 279 g/mol. The minimum absolute atomic E-state index is 0.0876. The van der Waals surface area contributed by atoms with Gasteiger partial charge in [-0.05, 0) is 31.4 Å². The molecule has 0 bridgehead atoms. The third kappa shape index (κ3) is 3.18. The Morgan fingerprint density at radius 3 is 2.70 bits per heavy atom. The highest BCUT2D eigenvalue weighted by Gasteiger charge is 2.27. The highest BCUT2D eigenvalue weighted by molar-refractivity contribution is 5.95. The van der Waals surface area contributed by atoms with Crippen LogP contribution in [0.3, 0.4) is 0 Å². The quantitative estimate of drug-likeness (QED) is 0.920. The molecule has 0 saturated heterocycles. The lowest BCUT2D eigenvalue weighted by atomic mass is 9.93. The van der Waals surface area contributed by atoms with Crippen molar-refractivity contribution in [2.24, 2.45) is 0 Å². The number of aliphatic hydroxyl groups is 1. The van der Waals surface area contributed by atoms with Crippen LogP contribution in [-0.2, 0) is 0 Å². The summed E-state index contributed by atoms with van der Waals surface area (Å²) in [6, 6.07) is 5.01. The summed E-state index contributed by atoms with van der Waals surface area (Å²) in [4.78, 5) is 14.2. The summed E-state index contributed by atoms with van der Waals surface area (Å²) in [7, 11) is 0. The predicted octanol–water partition coefficient (Wildman–Crippen LogP) is 2.90. The summed E-state index contributed by atoms with van der Waals surface area (Å²) < 4.78 is 14.1. The Morgan fingerprint density at radius 2 is 2.05 bits per heavy atom. The van der Waals surface area contributed by atoms with E-state index in [0.29, 0.717) is 5.56 Å². The molecule has 3 nitrogen and oxygen atoms in total. The Kier molecular flexibility index (Phi) is 5.12. The van der Waals surface area contributed by atoms with Gasteiger partial charge < -0.3 is 10.0 Å². The summed E-state index contributed by atoms with van der Waals surface area (Å²) >= 11 is 0. The first-order valence-electron chi connectivity index (χ1n) is 7.32. The standard InChI is InChI=1S/C16H22FNO2/c1-12-6-5-9-14(15(12)17)16(20)18(10-11-19)13-7-3-2-4-8-13/h5-6,9,13,19H,2-4,7-8,10-11H2,1H3. The van der Waals surface area contributed by atoms with E-state index in [1.165, 1.54) is 12.5 Å². The number of hydrogen-bond donors (Lipinski definition) is 1. The molecule has 0 atom stereocenters. The molecule has 0 aliphatic heterocycles. The van der Waals surface area contributed by atoms with E-state index in [4.69, 9.17) is 0 Å². The van der Waals surface area contributed by atoms with Gasteiger partial charge in [0.15, 0.2) is 0 Å². The van der Waals surface area contributed by atoms with Crippen molar-refractivity contribution in [3.63, 3.8) is 0 Å². The van der Waals surface area contributed by atoms with Crippen molar-refractivity contribution in [2.45, 2.75) is 45.1 Å². The van der Waals surface area contributed by atoms with E-state index in [1.54, 1.807) is 24.0 Å². The number of nitrogens with zero attached hydrogens (tertiary/aromatic N) is 1. The molecule has 0 spiro atoms. The Morgan fingerprint density at radius 1 is 1.35 bits per heavy atom. The molecule has 0 heterocycles. The third-order valence-corrected chi connectivity index (χ3v) is 4.04. The second-order valence-corrected chi connectivity index (χ2v) is 5.45. The molecule has 1 amide bonds. The molecule has 1 N–H and O–H groups in total. The molecule has 1 aromatic carbocycles. The number of carbonyl (C=O) groups excluding carboxylic acids is 1. The third-order valence-electron chi connectivity index (χ3n) is 4.04. The normalized spacial score (nSPS) is 16.1. The summed E-state index contributed by atoms with van der Waals surface area (Å²) in [5, 5.41) is 9.20. The fourth-order valence-corrected chi connectivity index (χ4v) is 2.92. The molecule has 1 saturated carbocycles. The van der Waals surface area contributed by atoms with Crippen molar-refractivity contribution < 1.29 is 14.3 Å². The number of aryl methyl sites for hydroxylation is 1. The fourth-order valence-electron chi connectivity index (χ4n) is 2.92. The van der Waals surface area contributed by atoms with Crippen LogP contribution in [0.4, 0.5) is 4.39 Å². The molecule has 0 unspecified atom stereocenters. The van der Waals surface area contributed by atoms with Crippen molar-refractivity contribution >= 4 is 5.91 Å². The van der Waals surface area contributed by atoms with E-state index in [9.17, 15) is 14.3 Å². The van der Waals surface area contributed by atoms with E-state index in [0.717, 1.165) is 25.7 Å². The summed E-state index contributed by atoms with van der Waals surface area (Å²) in [6.45, 7) is 1.84. The largest absolute Gasteiger partial charge is 0.395 e. The van der Waals surface area contributed by atoms with Gasteiger partial charge in [0, 0.05) is 12.6 Å². The minimum atomic E-state index is -0.448. The molecular weight excluding hydrogens is 257 g/mol. The smallest absolute Gasteiger partial charge is 0.257 e. The van der Waals surface area contributed by atoms with Crippen LogP contribution in [0, 0.1) is 12.7 Å². The summed E-state index contributed by atoms with van der Waals surface area (Å²) in [5.74, 6) is -0.747. The van der Waals surface area contributed by atoms with E-state index < -0.39 is 5.82 Å². The molecule has 1 fully saturated rings. The van der Waals surface area contributed by atoms with Crippen LogP contribution in [0.5, 0.6) is 0 Å². The lowest BCUT2D eigenvalue weighted by Gasteiger charge is -2.34. The number of rotatable bonds is 4. The number of benzene rings is 1. The highest BCUT2D eigenvalue weighted by Crippen LogP contribution is 2.25. The molecule has 2 rings (SSSR count). The van der Waals surface area contributed by atoms with Crippen molar-refractivity contribution in [1.29, 1.82) is 0 Å². The van der Waals surface area contributed by atoms with Gasteiger partial charge in [-0.1, -0.05) is 31.4 Å². The number of carbonyl (C=O) groups is 1. The molecule has 20 heavy (non-hydrogen) atoms. The molecule has 1 aromatic rings. The summed E-state index contributed by atoms with van der Waals surface area (Å²) in [6.07, 6.45) is 5.27. The number of aliphatic hydroxyl groups excluding tert-OH is 1. The first-order chi connectivity index (χ1) is 9.65. The second-order valence-electron chi connectivity index (χ2n) is 5.45. The van der Waals surface area contributed by atoms with Gasteiger partial charge in [-0.2, -0.15) is 0 Å². The van der Waals surface area contributed by atoms with Gasteiger partial charge in [0.1, 0.15) is 5.82 Å². The zero-order valence-corrected chi connectivity index (χ0v) is 11.9. The molecule has 4 heteroatoms. The van der Waals surface area contributed by atoms with Gasteiger partial charge >= 0.3 is 0 Å². The van der Waals surface area contributed by atoms with Crippen LogP contribution in [-0.4, -0.2) is 35.1 Å². The molecule has 1 aliphatic rings. The van der Waals surface area contributed by atoms with Gasteiger partial charge in [0.2, 0.25) is 0 Å². The zero-order valence-electron chi connectivity index (χ0n) is 11.9. The average Bonchev–Trinajstić information content (AvgIpc) is 2.48. The van der Waals surface area contributed by atoms with Gasteiger partial charge in [0.25, 0.3) is 5.91 Å². The Bertz CT molecular complexity index is 470. The minimum Gasteiger partial charge on any atom is -0.395 e. The molecule has 1 aliphatic carbocycles. The average molecular weight is 279 g/mol. The van der Waals surface area contributed by atoms with Crippen molar-refractivity contribution in [3.8, 4) is 0 Å². The van der Waals surface area contributed by atoms with E-state index in [1.807, 2.05) is 0 Å². The maximum Gasteiger partial charge on any atom is 0.257 e. The second kappa shape index (κ2) is 6.84. The molecule has 110 valence electrons. The fraction of sp³-hybridized carbons (Fsp3) is 0.562. The predicted molar refractivity (Wildman–Crippen MR) is 76.1 cm³/mol. The first kappa shape index (κ1) is 15.0. The van der Waals surface area contributed by atoms with Gasteiger partial charge in [-0.3, -0.25) is 4.79 Å². The zero-order chi connectivity index (χ0) is 14.5. The van der Waals surface area contributed by atoms with Crippen molar-refractivity contribution in [3.05, 3.63) is 35.1 Å². The van der Waals surface area contributed by atoms with E-state index in [2.05, 4.69) is 0 Å². The van der Waals surface area contributed by atoms with Crippen molar-refractivity contribution in [2.75, 3.05) is 13.2 Å². The van der Waals surface area contributed by atoms with E-state index >= 15 is 0 Å². The first-order valence-corrected chi connectivity index (χ1v) is 7.32. The molecule has 0 radical (unpaired) electrons. The Labute approximate surface area is 119 Å². The van der Waals surface area contributed by atoms with Gasteiger partial charge in [-0.25, -0.2) is 4.39 Å². The van der Waals surface area contributed by atoms with Crippen LogP contribution in [0.2, 0.25) is 0 Å². The topological polar surface area (TPSA) is 40.5 Å². The maximum absolute atomic E-state index is 14.1. The SMILES string of the molecule is Cc1cccc(C(=O)N(CCO)C2CCCCC2)c1F. The van der Waals surface area contributed by atoms with Crippen LogP contribution in [0.1, 0.15) is 48.0 Å². The molecular formula is C16H22FNO2. The lowest BCUT2D eigenvalue weighted by molar-refractivity contribution is 0.0580. The Balaban J connectivity index is 2.23. The van der Waals surface area contributed by atoms with Crippen LogP contribution in [0.15, 0.2) is 18.2 Å². The number of hydrogen-bond acceptors (Lipinski definition) is 2. The maximum atomic E-state index is 14.1. The highest BCUT2D eigenvalue weighted by atomic mass is 19.1. The Hall–Kier alpha value is -1.42. The number of halogens is 1. The van der Waals surface area contributed by atoms with Gasteiger partial charge in [-0.15, -0.1) is 0 Å². The van der Waals surface area contributed by atoms with Crippen LogP contribution in [0.25, 0.3) is 0 Å². The summed E-state index contributed by atoms with van der Waals surface area (Å²) in [5.41, 5.74) is 0.590.